The number of carbonyl (C=O) groups is 1. The number of methoxy groups -OCH3 is 1. The van der Waals surface area contributed by atoms with Crippen molar-refractivity contribution in [2.45, 2.75) is 12.8 Å². The van der Waals surface area contributed by atoms with Crippen LogP contribution in [0.4, 0.5) is 13.2 Å². The van der Waals surface area contributed by atoms with Crippen LogP contribution < -0.4 is 9.47 Å². The van der Waals surface area contributed by atoms with Crippen LogP contribution >= 0.6 is 0 Å². The van der Waals surface area contributed by atoms with Crippen molar-refractivity contribution < 1.29 is 32.0 Å². The third kappa shape index (κ3) is 4.25. The summed E-state index contributed by atoms with van der Waals surface area (Å²) in [4.78, 5) is 14.8. The largest absolute Gasteiger partial charge is 0.493 e. The van der Waals surface area contributed by atoms with Crippen LogP contribution in [0.3, 0.4) is 0 Å². The van der Waals surface area contributed by atoms with Gasteiger partial charge in [0.1, 0.15) is 6.29 Å². The second-order valence-corrected chi connectivity index (χ2v) is 5.41. The Morgan fingerprint density at radius 2 is 1.96 bits per heavy atom. The van der Waals surface area contributed by atoms with E-state index in [2.05, 4.69) is 10.1 Å². The summed E-state index contributed by atoms with van der Waals surface area (Å²) in [5.74, 6) is 0.783. The molecule has 1 aromatic heterocycles. The Bertz CT molecular complexity index is 954. The molecule has 0 amide bonds. The van der Waals surface area contributed by atoms with Gasteiger partial charge in [0, 0.05) is 11.1 Å². The van der Waals surface area contributed by atoms with Crippen LogP contribution in [0.1, 0.15) is 21.8 Å². The molecule has 1 heterocycles. The molecule has 0 atom stereocenters. The molecule has 0 saturated heterocycles. The van der Waals surface area contributed by atoms with Crippen molar-refractivity contribution in [1.29, 1.82) is 0 Å². The molecule has 3 aromatic rings. The predicted octanol–water partition coefficient (Wildman–Crippen LogP) is 4.16. The zero-order valence-electron chi connectivity index (χ0n) is 14.0. The first-order valence-electron chi connectivity index (χ1n) is 7.67. The van der Waals surface area contributed by atoms with E-state index >= 15 is 0 Å². The van der Waals surface area contributed by atoms with Gasteiger partial charge in [-0.25, -0.2) is 0 Å². The topological polar surface area (TPSA) is 74.5 Å². The van der Waals surface area contributed by atoms with Crippen molar-refractivity contribution in [3.8, 4) is 22.9 Å². The lowest BCUT2D eigenvalue weighted by Crippen LogP contribution is -2.04. The van der Waals surface area contributed by atoms with Crippen LogP contribution in [0.15, 0.2) is 47.0 Å². The van der Waals surface area contributed by atoms with Crippen LogP contribution in [-0.4, -0.2) is 23.5 Å². The highest BCUT2D eigenvalue weighted by Crippen LogP contribution is 2.32. The smallest absolute Gasteiger partial charge is 0.416 e. The number of nitrogens with zero attached hydrogens (tertiary/aromatic N) is 2. The fraction of sp³-hybridized carbons (Fsp3) is 0.167. The molecule has 140 valence electrons. The Morgan fingerprint density at radius 3 is 2.67 bits per heavy atom. The number of rotatable bonds is 6. The van der Waals surface area contributed by atoms with Gasteiger partial charge in [0.2, 0.25) is 5.82 Å². The molecule has 0 N–H and O–H groups in total. The van der Waals surface area contributed by atoms with Gasteiger partial charge in [-0.15, -0.1) is 0 Å². The van der Waals surface area contributed by atoms with E-state index in [0.717, 1.165) is 12.1 Å². The number of ether oxygens (including phenoxy) is 2. The second kappa shape index (κ2) is 7.48. The molecule has 0 radical (unpaired) electrons. The summed E-state index contributed by atoms with van der Waals surface area (Å²) < 4.78 is 54.1. The lowest BCUT2D eigenvalue weighted by Gasteiger charge is -2.09. The molecule has 3 rings (SSSR count). The molecular formula is C18H13F3N2O4. The molecule has 0 aliphatic heterocycles. The van der Waals surface area contributed by atoms with Crippen molar-refractivity contribution >= 4 is 6.29 Å². The number of aromatic nitrogens is 2. The van der Waals surface area contributed by atoms with Gasteiger partial charge in [0.05, 0.1) is 12.7 Å². The second-order valence-electron chi connectivity index (χ2n) is 5.41. The van der Waals surface area contributed by atoms with Crippen molar-refractivity contribution in [1.82, 2.24) is 10.1 Å². The lowest BCUT2D eigenvalue weighted by atomic mass is 10.1. The van der Waals surface area contributed by atoms with Crippen LogP contribution in [-0.2, 0) is 12.8 Å². The lowest BCUT2D eigenvalue weighted by molar-refractivity contribution is -0.137. The molecule has 0 unspecified atom stereocenters. The van der Waals surface area contributed by atoms with E-state index in [1.165, 1.54) is 25.3 Å². The zero-order chi connectivity index (χ0) is 19.4. The summed E-state index contributed by atoms with van der Waals surface area (Å²) in [6.45, 7) is -0.122. The average Bonchev–Trinajstić information content (AvgIpc) is 3.14. The van der Waals surface area contributed by atoms with Gasteiger partial charge in [0.15, 0.2) is 18.1 Å². The Morgan fingerprint density at radius 1 is 1.15 bits per heavy atom. The minimum atomic E-state index is -4.46. The molecule has 0 saturated carbocycles. The fourth-order valence-corrected chi connectivity index (χ4v) is 2.28. The average molecular weight is 378 g/mol. The molecule has 0 aliphatic rings. The Balaban J connectivity index is 1.75. The normalized spacial score (nSPS) is 11.3. The first-order valence-corrected chi connectivity index (χ1v) is 7.67. The standard InChI is InChI=1S/C18H13F3N2O4/c1-25-15-7-11(9-24)5-6-14(15)26-10-16-22-17(23-27-16)12-3-2-4-13(8-12)18(19,20)21/h2-9H,10H2,1H3. The van der Waals surface area contributed by atoms with Gasteiger partial charge in [-0.3, -0.25) is 4.79 Å². The summed E-state index contributed by atoms with van der Waals surface area (Å²) in [6.07, 6.45) is -3.79. The van der Waals surface area contributed by atoms with Crippen molar-refractivity contribution in [3.05, 3.63) is 59.5 Å². The maximum atomic E-state index is 12.8. The van der Waals surface area contributed by atoms with Gasteiger partial charge >= 0.3 is 6.18 Å². The number of hydrogen-bond acceptors (Lipinski definition) is 6. The number of benzene rings is 2. The highest BCUT2D eigenvalue weighted by molar-refractivity contribution is 5.76. The minimum Gasteiger partial charge on any atom is -0.493 e. The van der Waals surface area contributed by atoms with Gasteiger partial charge < -0.3 is 14.0 Å². The summed E-state index contributed by atoms with van der Waals surface area (Å²) in [5.41, 5.74) is -0.209. The van der Waals surface area contributed by atoms with E-state index in [9.17, 15) is 18.0 Å². The maximum absolute atomic E-state index is 12.8. The molecule has 6 nitrogen and oxygen atoms in total. The van der Waals surface area contributed by atoms with E-state index in [1.807, 2.05) is 0 Å². The van der Waals surface area contributed by atoms with Crippen LogP contribution in [0.2, 0.25) is 0 Å². The van der Waals surface area contributed by atoms with E-state index in [-0.39, 0.29) is 23.9 Å². The third-order valence-corrected chi connectivity index (χ3v) is 3.59. The highest BCUT2D eigenvalue weighted by Gasteiger charge is 2.30. The zero-order valence-corrected chi connectivity index (χ0v) is 14.0. The van der Waals surface area contributed by atoms with Gasteiger partial charge in [-0.2, -0.15) is 18.2 Å². The molecule has 27 heavy (non-hydrogen) atoms. The summed E-state index contributed by atoms with van der Waals surface area (Å²) >= 11 is 0. The number of alkyl halides is 3. The van der Waals surface area contributed by atoms with Crippen molar-refractivity contribution in [2.75, 3.05) is 7.11 Å². The number of aldehydes is 1. The SMILES string of the molecule is COc1cc(C=O)ccc1OCc1nc(-c2cccc(C(F)(F)F)c2)no1. The molecular weight excluding hydrogens is 365 g/mol. The highest BCUT2D eigenvalue weighted by atomic mass is 19.4. The molecule has 9 heteroatoms. The molecule has 0 bridgehead atoms. The summed E-state index contributed by atoms with van der Waals surface area (Å²) in [6, 6.07) is 9.22. The van der Waals surface area contributed by atoms with Gasteiger partial charge in [0.25, 0.3) is 5.89 Å². The quantitative estimate of drug-likeness (QED) is 0.600. The Hall–Kier alpha value is -3.36. The Kier molecular flexibility index (Phi) is 5.11. The summed E-state index contributed by atoms with van der Waals surface area (Å²) in [5, 5.41) is 3.68. The monoisotopic (exact) mass is 378 g/mol. The first-order chi connectivity index (χ1) is 12.9. The van der Waals surface area contributed by atoms with Crippen molar-refractivity contribution in [3.63, 3.8) is 0 Å². The third-order valence-electron chi connectivity index (χ3n) is 3.59. The molecule has 0 spiro atoms. The van der Waals surface area contributed by atoms with Crippen LogP contribution in [0.5, 0.6) is 11.5 Å². The van der Waals surface area contributed by atoms with Gasteiger partial charge in [-0.05, 0) is 30.3 Å². The van der Waals surface area contributed by atoms with Crippen molar-refractivity contribution in [2.24, 2.45) is 0 Å². The number of halogens is 3. The number of hydrogen-bond donors (Lipinski definition) is 0. The van der Waals surface area contributed by atoms with E-state index in [4.69, 9.17) is 14.0 Å². The fourth-order valence-electron chi connectivity index (χ4n) is 2.28. The van der Waals surface area contributed by atoms with E-state index in [1.54, 1.807) is 12.1 Å². The minimum absolute atomic E-state index is 0.0166. The molecule has 0 aliphatic carbocycles. The van der Waals surface area contributed by atoms with Crippen LogP contribution in [0.25, 0.3) is 11.4 Å². The van der Waals surface area contributed by atoms with E-state index < -0.39 is 11.7 Å². The van der Waals surface area contributed by atoms with Crippen LogP contribution in [0, 0.1) is 0 Å². The van der Waals surface area contributed by atoms with E-state index in [0.29, 0.717) is 23.3 Å². The maximum Gasteiger partial charge on any atom is 0.416 e. The van der Waals surface area contributed by atoms with Gasteiger partial charge in [-0.1, -0.05) is 17.3 Å². The molecule has 0 fully saturated rings. The first kappa shape index (κ1) is 18.4. The predicted molar refractivity (Wildman–Crippen MR) is 87.4 cm³/mol. The summed E-state index contributed by atoms with van der Waals surface area (Å²) in [7, 11) is 1.43. The molecule has 2 aromatic carbocycles. The Labute approximate surface area is 151 Å². The number of carbonyl (C=O) groups excluding carboxylic acids is 1.